The topological polar surface area (TPSA) is 34.1 Å². The van der Waals surface area contributed by atoms with Gasteiger partial charge in [-0.15, -0.1) is 11.8 Å². The first-order valence-electron chi connectivity index (χ1n) is 6.91. The largest absolute Gasteiger partial charge is 0.385 e. The molecule has 0 amide bonds. The van der Waals surface area contributed by atoms with Crippen LogP contribution in [0.4, 0.5) is 0 Å². The molecule has 0 aliphatic rings. The zero-order valence-electron chi connectivity index (χ0n) is 12.5. The van der Waals surface area contributed by atoms with E-state index in [9.17, 15) is 0 Å². The molecule has 0 saturated carbocycles. The molecular formula is C15H26N2OS. The quantitative estimate of drug-likeness (QED) is 0.557. The molecule has 0 radical (unpaired) electrons. The molecule has 0 spiro atoms. The molecule has 1 heterocycles. The second kappa shape index (κ2) is 9.34. The second-order valence-corrected chi connectivity index (χ2v) is 6.27. The normalized spacial score (nSPS) is 11.2. The van der Waals surface area contributed by atoms with Gasteiger partial charge in [0.15, 0.2) is 0 Å². The number of thioether (sulfide) groups is 1. The highest BCUT2D eigenvalue weighted by Crippen LogP contribution is 2.21. The Balaban J connectivity index is 2.40. The summed E-state index contributed by atoms with van der Waals surface area (Å²) in [6.45, 7) is 9.35. The molecule has 0 atom stereocenters. The fraction of sp³-hybridized carbons (Fsp3) is 0.667. The highest BCUT2D eigenvalue weighted by Gasteiger charge is 2.03. The second-order valence-electron chi connectivity index (χ2n) is 5.19. The monoisotopic (exact) mass is 282 g/mol. The van der Waals surface area contributed by atoms with Gasteiger partial charge in [-0.3, -0.25) is 0 Å². The van der Waals surface area contributed by atoms with E-state index in [1.807, 2.05) is 18.0 Å². The number of rotatable bonds is 9. The van der Waals surface area contributed by atoms with Crippen LogP contribution in [0.1, 0.15) is 31.4 Å². The molecule has 4 heteroatoms. The Hall–Kier alpha value is -0.580. The zero-order chi connectivity index (χ0) is 14.1. The van der Waals surface area contributed by atoms with Crippen LogP contribution < -0.4 is 5.32 Å². The van der Waals surface area contributed by atoms with Crippen molar-refractivity contribution in [1.29, 1.82) is 0 Å². The van der Waals surface area contributed by atoms with Gasteiger partial charge >= 0.3 is 0 Å². The number of aryl methyl sites for hydroxylation is 1. The van der Waals surface area contributed by atoms with Gasteiger partial charge in [0.1, 0.15) is 0 Å². The van der Waals surface area contributed by atoms with E-state index in [1.165, 1.54) is 11.1 Å². The van der Waals surface area contributed by atoms with Crippen molar-refractivity contribution in [3.05, 3.63) is 23.4 Å². The molecule has 0 unspecified atom stereocenters. The van der Waals surface area contributed by atoms with Gasteiger partial charge in [-0.2, -0.15) is 0 Å². The van der Waals surface area contributed by atoms with Gasteiger partial charge < -0.3 is 10.1 Å². The minimum atomic E-state index is 0.685. The number of pyridine rings is 1. The number of methoxy groups -OCH3 is 1. The number of aromatic nitrogens is 1. The third-order valence-corrected chi connectivity index (χ3v) is 3.89. The minimum Gasteiger partial charge on any atom is -0.385 e. The van der Waals surface area contributed by atoms with E-state index in [2.05, 4.69) is 37.1 Å². The molecule has 0 fully saturated rings. The highest BCUT2D eigenvalue weighted by atomic mass is 32.2. The van der Waals surface area contributed by atoms with Crippen LogP contribution in [0.2, 0.25) is 0 Å². The Morgan fingerprint density at radius 2 is 2.21 bits per heavy atom. The summed E-state index contributed by atoms with van der Waals surface area (Å²) in [5.74, 6) is 1.75. The molecule has 108 valence electrons. The molecule has 19 heavy (non-hydrogen) atoms. The van der Waals surface area contributed by atoms with Crippen molar-refractivity contribution in [2.75, 3.05) is 26.0 Å². The predicted molar refractivity (Wildman–Crippen MR) is 82.7 cm³/mol. The Labute approximate surface area is 121 Å². The fourth-order valence-electron chi connectivity index (χ4n) is 1.75. The van der Waals surface area contributed by atoms with Crippen molar-refractivity contribution < 1.29 is 4.74 Å². The van der Waals surface area contributed by atoms with Crippen LogP contribution in [0, 0.1) is 12.8 Å². The molecule has 1 rings (SSSR count). The molecule has 0 aliphatic carbocycles. The number of nitrogens with one attached hydrogen (secondary N) is 1. The first-order chi connectivity index (χ1) is 9.13. The summed E-state index contributed by atoms with van der Waals surface area (Å²) in [5, 5.41) is 4.59. The molecule has 1 N–H and O–H groups in total. The van der Waals surface area contributed by atoms with Crippen LogP contribution in [-0.4, -0.2) is 31.0 Å². The van der Waals surface area contributed by atoms with E-state index in [0.29, 0.717) is 5.92 Å². The minimum absolute atomic E-state index is 0.685. The van der Waals surface area contributed by atoms with E-state index >= 15 is 0 Å². The van der Waals surface area contributed by atoms with E-state index < -0.39 is 0 Å². The third-order valence-electron chi connectivity index (χ3n) is 2.70. The fourth-order valence-corrected chi connectivity index (χ4v) is 2.61. The van der Waals surface area contributed by atoms with Crippen molar-refractivity contribution in [3.63, 3.8) is 0 Å². The summed E-state index contributed by atoms with van der Waals surface area (Å²) in [6.07, 6.45) is 3.05. The van der Waals surface area contributed by atoms with Gasteiger partial charge in [0, 0.05) is 32.2 Å². The number of ether oxygens (including phenoxy) is 1. The Morgan fingerprint density at radius 1 is 1.42 bits per heavy atom. The molecule has 0 aliphatic heterocycles. The lowest BCUT2D eigenvalue weighted by Crippen LogP contribution is -2.19. The van der Waals surface area contributed by atoms with Crippen LogP contribution in [0.15, 0.2) is 17.3 Å². The van der Waals surface area contributed by atoms with Gasteiger partial charge in [-0.25, -0.2) is 4.98 Å². The van der Waals surface area contributed by atoms with Gasteiger partial charge in [0.2, 0.25) is 0 Å². The van der Waals surface area contributed by atoms with E-state index in [-0.39, 0.29) is 0 Å². The maximum Gasteiger partial charge on any atom is 0.0989 e. The lowest BCUT2D eigenvalue weighted by Gasteiger charge is -2.09. The Bertz CT molecular complexity index is 369. The SMILES string of the molecule is COCCCSc1ncc(CNCC(C)C)cc1C. The molecule has 0 bridgehead atoms. The van der Waals surface area contributed by atoms with Crippen molar-refractivity contribution in [2.24, 2.45) is 5.92 Å². The van der Waals surface area contributed by atoms with Crippen LogP contribution in [0.3, 0.4) is 0 Å². The Kier molecular flexibility index (Phi) is 8.10. The maximum atomic E-state index is 5.05. The van der Waals surface area contributed by atoms with E-state index in [0.717, 1.165) is 36.9 Å². The van der Waals surface area contributed by atoms with Gasteiger partial charge in [-0.05, 0) is 36.9 Å². The molecular weight excluding hydrogens is 256 g/mol. The smallest absolute Gasteiger partial charge is 0.0989 e. The lowest BCUT2D eigenvalue weighted by molar-refractivity contribution is 0.200. The molecule has 1 aromatic heterocycles. The number of nitrogens with zero attached hydrogens (tertiary/aromatic N) is 1. The van der Waals surface area contributed by atoms with E-state index in [1.54, 1.807) is 7.11 Å². The molecule has 1 aromatic rings. The van der Waals surface area contributed by atoms with Crippen LogP contribution in [-0.2, 0) is 11.3 Å². The maximum absolute atomic E-state index is 5.05. The Morgan fingerprint density at radius 3 is 2.84 bits per heavy atom. The zero-order valence-corrected chi connectivity index (χ0v) is 13.3. The first kappa shape index (κ1) is 16.5. The first-order valence-corrected chi connectivity index (χ1v) is 7.90. The standard InChI is InChI=1S/C15H26N2OS/c1-12(2)9-16-10-14-8-13(3)15(17-11-14)19-7-5-6-18-4/h8,11-12,16H,5-7,9-10H2,1-4H3. The molecule has 0 aromatic carbocycles. The van der Waals surface area contributed by atoms with Crippen LogP contribution >= 0.6 is 11.8 Å². The number of hydrogen-bond acceptors (Lipinski definition) is 4. The summed E-state index contributed by atoms with van der Waals surface area (Å²) < 4.78 is 5.05. The summed E-state index contributed by atoms with van der Waals surface area (Å²) in [5.41, 5.74) is 2.53. The summed E-state index contributed by atoms with van der Waals surface area (Å²) in [6, 6.07) is 2.24. The van der Waals surface area contributed by atoms with Crippen molar-refractivity contribution in [1.82, 2.24) is 10.3 Å². The number of hydrogen-bond donors (Lipinski definition) is 1. The predicted octanol–water partition coefficient (Wildman–Crippen LogP) is 3.26. The summed E-state index contributed by atoms with van der Waals surface area (Å²) >= 11 is 1.81. The van der Waals surface area contributed by atoms with Crippen molar-refractivity contribution in [2.45, 2.75) is 38.8 Å². The average molecular weight is 282 g/mol. The van der Waals surface area contributed by atoms with Crippen molar-refractivity contribution >= 4 is 11.8 Å². The molecule has 3 nitrogen and oxygen atoms in total. The van der Waals surface area contributed by atoms with Gasteiger partial charge in [0.05, 0.1) is 5.03 Å². The van der Waals surface area contributed by atoms with Gasteiger partial charge in [-0.1, -0.05) is 19.9 Å². The lowest BCUT2D eigenvalue weighted by atomic mass is 10.2. The van der Waals surface area contributed by atoms with Crippen molar-refractivity contribution in [3.8, 4) is 0 Å². The third kappa shape index (κ3) is 6.95. The van der Waals surface area contributed by atoms with Crippen LogP contribution in [0.25, 0.3) is 0 Å². The summed E-state index contributed by atoms with van der Waals surface area (Å²) in [4.78, 5) is 4.56. The van der Waals surface area contributed by atoms with E-state index in [4.69, 9.17) is 4.74 Å². The highest BCUT2D eigenvalue weighted by molar-refractivity contribution is 7.99. The average Bonchev–Trinajstić information content (AvgIpc) is 2.36. The molecule has 0 saturated heterocycles. The van der Waals surface area contributed by atoms with Crippen LogP contribution in [0.5, 0.6) is 0 Å². The van der Waals surface area contributed by atoms with Gasteiger partial charge in [0.25, 0.3) is 0 Å². The summed E-state index contributed by atoms with van der Waals surface area (Å²) in [7, 11) is 1.74.